The normalized spacial score (nSPS) is 14.9. The van der Waals surface area contributed by atoms with E-state index in [0.29, 0.717) is 43.6 Å². The molecule has 2 heterocycles. The van der Waals surface area contributed by atoms with Crippen molar-refractivity contribution in [2.75, 3.05) is 25.1 Å². The minimum atomic E-state index is -0.612. The number of fused-ring (bicyclic) bond motifs is 1. The second-order valence-corrected chi connectivity index (χ2v) is 9.62. The summed E-state index contributed by atoms with van der Waals surface area (Å²) in [6.07, 6.45) is 3.89. The van der Waals surface area contributed by atoms with Crippen LogP contribution in [0.15, 0.2) is 66.7 Å². The van der Waals surface area contributed by atoms with Gasteiger partial charge in [0, 0.05) is 30.1 Å². The zero-order chi connectivity index (χ0) is 24.6. The van der Waals surface area contributed by atoms with Crippen LogP contribution in [0.25, 0.3) is 10.9 Å². The van der Waals surface area contributed by atoms with Crippen LogP contribution < -0.4 is 10.6 Å². The van der Waals surface area contributed by atoms with Gasteiger partial charge in [0.15, 0.2) is 0 Å². The van der Waals surface area contributed by atoms with E-state index in [4.69, 9.17) is 0 Å². The fourth-order valence-electron chi connectivity index (χ4n) is 4.24. The Morgan fingerprint density at radius 1 is 0.971 bits per heavy atom. The van der Waals surface area contributed by atoms with E-state index in [2.05, 4.69) is 15.6 Å². The lowest BCUT2D eigenvalue weighted by Crippen LogP contribution is -2.53. The van der Waals surface area contributed by atoms with Gasteiger partial charge in [-0.15, -0.1) is 0 Å². The first-order chi connectivity index (χ1) is 17.0. The van der Waals surface area contributed by atoms with Crippen LogP contribution in [-0.2, 0) is 4.79 Å². The van der Waals surface area contributed by atoms with E-state index in [1.54, 1.807) is 34.9 Å². The summed E-state index contributed by atoms with van der Waals surface area (Å²) in [5.41, 5.74) is 1.67. The summed E-state index contributed by atoms with van der Waals surface area (Å²) in [6, 6.07) is 19.7. The van der Waals surface area contributed by atoms with Gasteiger partial charge >= 0.3 is 0 Å². The highest BCUT2D eigenvalue weighted by Gasteiger charge is 2.30. The summed E-state index contributed by atoms with van der Waals surface area (Å²) in [7, 11) is 0. The lowest BCUT2D eigenvalue weighted by Gasteiger charge is -2.34. The van der Waals surface area contributed by atoms with E-state index < -0.39 is 6.04 Å². The first-order valence-electron chi connectivity index (χ1n) is 11.9. The zero-order valence-electron chi connectivity index (χ0n) is 19.8. The fourth-order valence-corrected chi connectivity index (χ4v) is 4.71. The van der Waals surface area contributed by atoms with E-state index in [0.717, 1.165) is 16.7 Å². The summed E-state index contributed by atoms with van der Waals surface area (Å²) in [5, 5.41) is 6.95. The number of para-hydroxylation sites is 1. The Morgan fingerprint density at radius 2 is 1.69 bits per heavy atom. The Kier molecular flexibility index (Phi) is 8.36. The number of pyridine rings is 1. The molecular formula is C27H30N4O3S. The Hall–Kier alpha value is -3.39. The average molecular weight is 491 g/mol. The third-order valence-electron chi connectivity index (χ3n) is 6.22. The van der Waals surface area contributed by atoms with Crippen LogP contribution in [0.1, 0.15) is 40.1 Å². The summed E-state index contributed by atoms with van der Waals surface area (Å²) >= 11 is 1.64. The molecule has 1 aliphatic heterocycles. The monoisotopic (exact) mass is 490 g/mol. The van der Waals surface area contributed by atoms with Crippen LogP contribution in [0, 0.1) is 0 Å². The smallest absolute Gasteiger partial charge is 0.270 e. The summed E-state index contributed by atoms with van der Waals surface area (Å²) < 4.78 is 0. The quantitative estimate of drug-likeness (QED) is 0.504. The number of piperidine rings is 1. The maximum atomic E-state index is 13.3. The molecule has 4 rings (SSSR count). The number of nitrogens with zero attached hydrogens (tertiary/aromatic N) is 2. The second kappa shape index (κ2) is 11.8. The van der Waals surface area contributed by atoms with Crippen LogP contribution in [0.5, 0.6) is 0 Å². The van der Waals surface area contributed by atoms with Gasteiger partial charge in [-0.25, -0.2) is 4.98 Å². The van der Waals surface area contributed by atoms with Gasteiger partial charge in [-0.3, -0.25) is 14.4 Å². The molecule has 0 aliphatic carbocycles. The van der Waals surface area contributed by atoms with Gasteiger partial charge in [-0.1, -0.05) is 42.5 Å². The molecule has 7 nitrogen and oxygen atoms in total. The van der Waals surface area contributed by atoms with Crippen LogP contribution >= 0.6 is 11.8 Å². The van der Waals surface area contributed by atoms with Gasteiger partial charge in [0.1, 0.15) is 11.7 Å². The first-order valence-corrected chi connectivity index (χ1v) is 13.2. The summed E-state index contributed by atoms with van der Waals surface area (Å²) in [6.45, 7) is 1.08. The molecule has 8 heteroatoms. The van der Waals surface area contributed by atoms with Crippen molar-refractivity contribution in [1.29, 1.82) is 0 Å². The molecule has 0 spiro atoms. The Bertz CT molecular complexity index is 1180. The number of carbonyl (C=O) groups excluding carboxylic acids is 3. The molecular weight excluding hydrogens is 460 g/mol. The minimum Gasteiger partial charge on any atom is -0.349 e. The number of likely N-dealkylation sites (tertiary alicyclic amines) is 1. The van der Waals surface area contributed by atoms with Crippen LogP contribution in [0.2, 0.25) is 0 Å². The number of aromatic nitrogens is 1. The van der Waals surface area contributed by atoms with Crippen molar-refractivity contribution in [2.24, 2.45) is 0 Å². The number of thioether (sulfide) groups is 1. The van der Waals surface area contributed by atoms with Crippen molar-refractivity contribution in [3.8, 4) is 0 Å². The molecule has 2 N–H and O–H groups in total. The molecule has 182 valence electrons. The van der Waals surface area contributed by atoms with Crippen molar-refractivity contribution in [2.45, 2.75) is 31.3 Å². The van der Waals surface area contributed by atoms with Gasteiger partial charge in [-0.2, -0.15) is 11.8 Å². The Morgan fingerprint density at radius 3 is 2.43 bits per heavy atom. The van der Waals surface area contributed by atoms with Crippen LogP contribution in [0.4, 0.5) is 0 Å². The molecule has 2 aromatic carbocycles. The number of carbonyl (C=O) groups is 3. The lowest BCUT2D eigenvalue weighted by atomic mass is 10.0. The predicted octanol–water partition coefficient (Wildman–Crippen LogP) is 3.51. The number of benzene rings is 2. The highest BCUT2D eigenvalue weighted by molar-refractivity contribution is 7.98. The molecule has 0 unspecified atom stereocenters. The van der Waals surface area contributed by atoms with Crippen molar-refractivity contribution >= 4 is 40.4 Å². The Balaban J connectivity index is 1.36. The summed E-state index contributed by atoms with van der Waals surface area (Å²) in [5.74, 6) is 0.232. The molecule has 0 bridgehead atoms. The molecule has 1 saturated heterocycles. The molecule has 1 aliphatic rings. The van der Waals surface area contributed by atoms with Crippen molar-refractivity contribution in [1.82, 2.24) is 20.5 Å². The maximum Gasteiger partial charge on any atom is 0.270 e. The zero-order valence-corrected chi connectivity index (χ0v) is 20.6. The maximum absolute atomic E-state index is 13.3. The van der Waals surface area contributed by atoms with E-state index >= 15 is 0 Å². The highest BCUT2D eigenvalue weighted by Crippen LogP contribution is 2.16. The second-order valence-electron chi connectivity index (χ2n) is 8.64. The van der Waals surface area contributed by atoms with E-state index in [-0.39, 0.29) is 23.8 Å². The summed E-state index contributed by atoms with van der Waals surface area (Å²) in [4.78, 5) is 45.0. The van der Waals surface area contributed by atoms with Crippen LogP contribution in [0.3, 0.4) is 0 Å². The highest BCUT2D eigenvalue weighted by atomic mass is 32.2. The molecule has 1 atom stereocenters. The minimum absolute atomic E-state index is 0.0211. The number of nitrogens with one attached hydrogen (secondary N) is 2. The number of amides is 3. The van der Waals surface area contributed by atoms with E-state index in [1.807, 2.05) is 54.8 Å². The molecule has 1 aromatic heterocycles. The third-order valence-corrected chi connectivity index (χ3v) is 6.87. The van der Waals surface area contributed by atoms with Gasteiger partial charge in [-0.05, 0) is 55.5 Å². The van der Waals surface area contributed by atoms with Crippen LogP contribution in [-0.4, -0.2) is 64.8 Å². The molecule has 0 radical (unpaired) electrons. The number of rotatable bonds is 8. The van der Waals surface area contributed by atoms with Gasteiger partial charge < -0.3 is 15.5 Å². The van der Waals surface area contributed by atoms with Gasteiger partial charge in [0.25, 0.3) is 11.8 Å². The van der Waals surface area contributed by atoms with Crippen molar-refractivity contribution in [3.63, 3.8) is 0 Å². The topological polar surface area (TPSA) is 91.4 Å². The molecule has 35 heavy (non-hydrogen) atoms. The largest absolute Gasteiger partial charge is 0.349 e. The van der Waals surface area contributed by atoms with Crippen molar-refractivity contribution in [3.05, 3.63) is 78.0 Å². The van der Waals surface area contributed by atoms with E-state index in [9.17, 15) is 14.4 Å². The first kappa shape index (κ1) is 24.7. The van der Waals surface area contributed by atoms with Crippen molar-refractivity contribution < 1.29 is 14.4 Å². The lowest BCUT2D eigenvalue weighted by molar-refractivity contribution is -0.134. The number of hydrogen-bond donors (Lipinski definition) is 2. The van der Waals surface area contributed by atoms with Gasteiger partial charge in [0.05, 0.1) is 5.52 Å². The van der Waals surface area contributed by atoms with Gasteiger partial charge in [0.2, 0.25) is 5.91 Å². The molecule has 1 fully saturated rings. The molecule has 0 saturated carbocycles. The SMILES string of the molecule is CSCC[C@@H](NC(=O)c1ccc2ccccc2n1)C(=O)N1CCC(NC(=O)c2ccccc2)CC1. The molecule has 3 aromatic rings. The average Bonchev–Trinajstić information content (AvgIpc) is 2.91. The molecule has 3 amide bonds. The van der Waals surface area contributed by atoms with E-state index in [1.165, 1.54) is 0 Å². The third kappa shape index (κ3) is 6.39. The predicted molar refractivity (Wildman–Crippen MR) is 140 cm³/mol. The Labute approximate surface area is 209 Å². The number of hydrogen-bond acceptors (Lipinski definition) is 5. The fraction of sp³-hybridized carbons (Fsp3) is 0.333. The standard InChI is InChI=1S/C27H30N4O3S/c1-35-18-15-24(30-26(33)23-12-11-19-7-5-6-10-22(19)29-23)27(34)31-16-13-21(14-17-31)28-25(32)20-8-3-2-4-9-20/h2-12,21,24H,13-18H2,1H3,(H,28,32)(H,30,33)/t24-/m1/s1.